The van der Waals surface area contributed by atoms with Crippen LogP contribution in [0, 0.1) is 0 Å². The number of rotatable bonds is 7. The second kappa shape index (κ2) is 9.67. The first-order chi connectivity index (χ1) is 15.2. The summed E-state index contributed by atoms with van der Waals surface area (Å²) in [6.45, 7) is 0.797. The predicted octanol–water partition coefficient (Wildman–Crippen LogP) is 3.66. The van der Waals surface area contributed by atoms with Crippen LogP contribution in [-0.2, 0) is 4.79 Å². The number of carbonyl (C=O) groups is 1. The van der Waals surface area contributed by atoms with Gasteiger partial charge in [-0.2, -0.15) is 5.10 Å². The molecule has 158 valence electrons. The third kappa shape index (κ3) is 5.14. The molecule has 0 aromatic heterocycles. The van der Waals surface area contributed by atoms with Gasteiger partial charge in [0.2, 0.25) is 5.75 Å². The van der Waals surface area contributed by atoms with Crippen LogP contribution in [-0.4, -0.2) is 39.1 Å². The van der Waals surface area contributed by atoms with Gasteiger partial charge in [-0.3, -0.25) is 4.79 Å². The average molecular weight is 418 g/mol. The Balaban J connectivity index is 1.30. The fourth-order valence-corrected chi connectivity index (χ4v) is 3.10. The number of methoxy groups -OCH3 is 1. The van der Waals surface area contributed by atoms with Crippen molar-refractivity contribution < 1.29 is 23.7 Å². The molecular formula is C24H22N2O5. The summed E-state index contributed by atoms with van der Waals surface area (Å²) in [5.74, 6) is 1.94. The molecule has 7 nitrogen and oxygen atoms in total. The minimum Gasteiger partial charge on any atom is -0.493 e. The molecule has 1 heterocycles. The van der Waals surface area contributed by atoms with Gasteiger partial charge in [0.25, 0.3) is 5.91 Å². The van der Waals surface area contributed by atoms with Crippen molar-refractivity contribution in [2.75, 3.05) is 26.9 Å². The molecule has 1 aliphatic rings. The van der Waals surface area contributed by atoms with Crippen LogP contribution >= 0.6 is 0 Å². The lowest BCUT2D eigenvalue weighted by molar-refractivity contribution is -0.123. The summed E-state index contributed by atoms with van der Waals surface area (Å²) < 4.78 is 22.0. The predicted molar refractivity (Wildman–Crippen MR) is 117 cm³/mol. The van der Waals surface area contributed by atoms with Gasteiger partial charge in [-0.25, -0.2) is 5.43 Å². The van der Waals surface area contributed by atoms with Crippen LogP contribution in [0.25, 0.3) is 11.1 Å². The number of hydrogen-bond acceptors (Lipinski definition) is 6. The van der Waals surface area contributed by atoms with E-state index in [1.54, 1.807) is 19.2 Å². The van der Waals surface area contributed by atoms with Crippen LogP contribution in [0.1, 0.15) is 5.56 Å². The lowest BCUT2D eigenvalue weighted by Crippen LogP contribution is -2.24. The van der Waals surface area contributed by atoms with E-state index in [9.17, 15) is 4.79 Å². The number of hydrogen-bond donors (Lipinski definition) is 1. The van der Waals surface area contributed by atoms with Crippen molar-refractivity contribution in [3.8, 4) is 34.1 Å². The van der Waals surface area contributed by atoms with Crippen LogP contribution in [0.3, 0.4) is 0 Å². The summed E-state index contributed by atoms with van der Waals surface area (Å²) in [7, 11) is 1.56. The Labute approximate surface area is 180 Å². The van der Waals surface area contributed by atoms with Gasteiger partial charge in [0.1, 0.15) is 19.0 Å². The molecule has 7 heteroatoms. The first-order valence-electron chi connectivity index (χ1n) is 9.81. The molecule has 1 amide bonds. The van der Waals surface area contributed by atoms with Crippen molar-refractivity contribution in [2.24, 2.45) is 5.10 Å². The zero-order chi connectivity index (χ0) is 21.5. The van der Waals surface area contributed by atoms with E-state index >= 15 is 0 Å². The Hall–Kier alpha value is -4.00. The van der Waals surface area contributed by atoms with Crippen molar-refractivity contribution in [1.82, 2.24) is 5.43 Å². The molecule has 0 saturated heterocycles. The van der Waals surface area contributed by atoms with Crippen molar-refractivity contribution in [1.29, 1.82) is 0 Å². The summed E-state index contributed by atoms with van der Waals surface area (Å²) in [5, 5.41) is 3.98. The van der Waals surface area contributed by atoms with E-state index in [0.717, 1.165) is 11.1 Å². The molecular weight excluding hydrogens is 396 g/mol. The summed E-state index contributed by atoms with van der Waals surface area (Å²) >= 11 is 0. The SMILES string of the molecule is COc1cc(/C=N\NC(=O)COc2ccc(-c3ccccc3)cc2)cc2c1OCCO2. The Morgan fingerprint density at radius 2 is 1.77 bits per heavy atom. The van der Waals surface area contributed by atoms with Gasteiger partial charge < -0.3 is 18.9 Å². The molecule has 0 unspecified atom stereocenters. The standard InChI is InChI=1S/C24H22N2O5/c1-28-21-13-17(14-22-24(21)30-12-11-29-22)15-25-26-23(27)16-31-20-9-7-19(8-10-20)18-5-3-2-4-6-18/h2-10,13-15H,11-12,16H2,1H3,(H,26,27)/b25-15-. The number of amides is 1. The highest BCUT2D eigenvalue weighted by Gasteiger charge is 2.18. The van der Waals surface area contributed by atoms with E-state index in [1.165, 1.54) is 6.21 Å². The topological polar surface area (TPSA) is 78.4 Å². The minimum atomic E-state index is -0.368. The number of nitrogens with zero attached hydrogens (tertiary/aromatic N) is 1. The van der Waals surface area contributed by atoms with E-state index < -0.39 is 0 Å². The Morgan fingerprint density at radius 3 is 2.55 bits per heavy atom. The third-order valence-corrected chi connectivity index (χ3v) is 4.58. The fraction of sp³-hybridized carbons (Fsp3) is 0.167. The summed E-state index contributed by atoms with van der Waals surface area (Å²) in [5.41, 5.74) is 5.36. The average Bonchev–Trinajstić information content (AvgIpc) is 2.83. The summed E-state index contributed by atoms with van der Waals surface area (Å²) in [4.78, 5) is 12.0. The molecule has 0 atom stereocenters. The maximum Gasteiger partial charge on any atom is 0.277 e. The van der Waals surface area contributed by atoms with Crippen molar-refractivity contribution in [3.05, 3.63) is 72.3 Å². The maximum atomic E-state index is 12.0. The summed E-state index contributed by atoms with van der Waals surface area (Å²) in [6.07, 6.45) is 1.51. The quantitative estimate of drug-likeness (QED) is 0.468. The fourth-order valence-electron chi connectivity index (χ4n) is 3.10. The third-order valence-electron chi connectivity index (χ3n) is 4.58. The van der Waals surface area contributed by atoms with Crippen LogP contribution in [0.5, 0.6) is 23.0 Å². The molecule has 0 bridgehead atoms. The first-order valence-corrected chi connectivity index (χ1v) is 9.81. The highest BCUT2D eigenvalue weighted by atomic mass is 16.6. The Bertz CT molecular complexity index is 1050. The van der Waals surface area contributed by atoms with Gasteiger partial charge in [0.15, 0.2) is 18.1 Å². The number of nitrogens with one attached hydrogen (secondary N) is 1. The second-order valence-electron chi connectivity index (χ2n) is 6.72. The van der Waals surface area contributed by atoms with E-state index in [-0.39, 0.29) is 12.5 Å². The molecule has 0 radical (unpaired) electrons. The second-order valence-corrected chi connectivity index (χ2v) is 6.72. The molecule has 0 fully saturated rings. The first kappa shape index (κ1) is 20.3. The molecule has 4 rings (SSSR count). The van der Waals surface area contributed by atoms with Crippen LogP contribution in [0.15, 0.2) is 71.8 Å². The Kier molecular flexibility index (Phi) is 6.32. The molecule has 31 heavy (non-hydrogen) atoms. The van der Waals surface area contributed by atoms with Crippen LogP contribution in [0.2, 0.25) is 0 Å². The highest BCUT2D eigenvalue weighted by molar-refractivity contribution is 5.84. The van der Waals surface area contributed by atoms with Gasteiger partial charge in [-0.15, -0.1) is 0 Å². The van der Waals surface area contributed by atoms with Crippen molar-refractivity contribution in [3.63, 3.8) is 0 Å². The van der Waals surface area contributed by atoms with Crippen LogP contribution < -0.4 is 24.4 Å². The number of hydrazone groups is 1. The van der Waals surface area contributed by atoms with E-state index in [4.69, 9.17) is 18.9 Å². The normalized spacial score (nSPS) is 12.4. The van der Waals surface area contributed by atoms with Gasteiger partial charge in [0.05, 0.1) is 13.3 Å². The smallest absolute Gasteiger partial charge is 0.277 e. The van der Waals surface area contributed by atoms with Gasteiger partial charge in [-0.05, 0) is 35.4 Å². The zero-order valence-electron chi connectivity index (χ0n) is 17.0. The number of carbonyl (C=O) groups excluding carboxylic acids is 1. The Morgan fingerprint density at radius 1 is 1.03 bits per heavy atom. The maximum absolute atomic E-state index is 12.0. The van der Waals surface area contributed by atoms with Crippen molar-refractivity contribution >= 4 is 12.1 Å². The molecule has 0 spiro atoms. The van der Waals surface area contributed by atoms with Crippen LogP contribution in [0.4, 0.5) is 0 Å². The number of fused-ring (bicyclic) bond motifs is 1. The lowest BCUT2D eigenvalue weighted by atomic mass is 10.1. The molecule has 3 aromatic carbocycles. The monoisotopic (exact) mass is 418 g/mol. The van der Waals surface area contributed by atoms with Gasteiger partial charge in [0, 0.05) is 5.56 Å². The number of benzene rings is 3. The van der Waals surface area contributed by atoms with Crippen molar-refractivity contribution in [2.45, 2.75) is 0 Å². The molecule has 0 saturated carbocycles. The van der Waals surface area contributed by atoms with Gasteiger partial charge in [-0.1, -0.05) is 42.5 Å². The molecule has 1 aliphatic heterocycles. The minimum absolute atomic E-state index is 0.146. The lowest BCUT2D eigenvalue weighted by Gasteiger charge is -2.20. The number of ether oxygens (including phenoxy) is 4. The molecule has 0 aliphatic carbocycles. The summed E-state index contributed by atoms with van der Waals surface area (Å²) in [6, 6.07) is 21.2. The van der Waals surface area contributed by atoms with E-state index in [1.807, 2.05) is 54.6 Å². The van der Waals surface area contributed by atoms with E-state index in [2.05, 4.69) is 10.5 Å². The largest absolute Gasteiger partial charge is 0.493 e. The molecule has 3 aromatic rings. The zero-order valence-corrected chi connectivity index (χ0v) is 17.0. The highest BCUT2D eigenvalue weighted by Crippen LogP contribution is 2.39. The van der Waals surface area contributed by atoms with Gasteiger partial charge >= 0.3 is 0 Å². The molecule has 1 N–H and O–H groups in total. The van der Waals surface area contributed by atoms with E-state index in [0.29, 0.717) is 41.8 Å².